The predicted molar refractivity (Wildman–Crippen MR) is 80.9 cm³/mol. The number of nitrogens with one attached hydrogen (secondary N) is 1. The van der Waals surface area contributed by atoms with Crippen LogP contribution in [0.25, 0.3) is 0 Å². The minimum atomic E-state index is 0.0772. The maximum atomic E-state index is 5.78. The van der Waals surface area contributed by atoms with Crippen molar-refractivity contribution in [3.63, 3.8) is 0 Å². The molecule has 0 saturated heterocycles. The lowest BCUT2D eigenvalue weighted by atomic mass is 10.0. The SMILES string of the molecule is CNC(c1ccc2c(c1)OCCCO2)c1cc(C)nn1C. The molecule has 1 aromatic carbocycles. The smallest absolute Gasteiger partial charge is 0.161 e. The molecule has 0 radical (unpaired) electrons. The second-order valence-electron chi connectivity index (χ2n) is 5.31. The fraction of sp³-hybridized carbons (Fsp3) is 0.438. The number of fused-ring (bicyclic) bond motifs is 1. The van der Waals surface area contributed by atoms with Gasteiger partial charge in [0, 0.05) is 13.5 Å². The van der Waals surface area contributed by atoms with Crippen LogP contribution in [0.2, 0.25) is 0 Å². The molecule has 1 unspecified atom stereocenters. The first kappa shape index (κ1) is 13.9. The van der Waals surface area contributed by atoms with Gasteiger partial charge in [0.25, 0.3) is 0 Å². The number of benzene rings is 1. The molecule has 0 aliphatic carbocycles. The van der Waals surface area contributed by atoms with Gasteiger partial charge in [-0.15, -0.1) is 0 Å². The van der Waals surface area contributed by atoms with Crippen LogP contribution in [0, 0.1) is 6.92 Å². The summed E-state index contributed by atoms with van der Waals surface area (Å²) in [6, 6.07) is 8.31. The van der Waals surface area contributed by atoms with E-state index in [2.05, 4.69) is 28.6 Å². The Kier molecular flexibility index (Phi) is 3.84. The third kappa shape index (κ3) is 2.74. The highest BCUT2D eigenvalue weighted by molar-refractivity contribution is 5.45. The molecule has 21 heavy (non-hydrogen) atoms. The Morgan fingerprint density at radius 3 is 2.62 bits per heavy atom. The third-order valence-corrected chi connectivity index (χ3v) is 3.73. The Morgan fingerprint density at radius 2 is 1.95 bits per heavy atom. The Bertz CT molecular complexity index is 636. The van der Waals surface area contributed by atoms with Crippen LogP contribution in [-0.4, -0.2) is 30.0 Å². The van der Waals surface area contributed by atoms with E-state index < -0.39 is 0 Å². The highest BCUT2D eigenvalue weighted by atomic mass is 16.5. The first-order valence-corrected chi connectivity index (χ1v) is 7.26. The van der Waals surface area contributed by atoms with Gasteiger partial charge in [-0.05, 0) is 37.7 Å². The van der Waals surface area contributed by atoms with Crippen molar-refractivity contribution in [3.05, 3.63) is 41.2 Å². The molecule has 1 aromatic heterocycles. The van der Waals surface area contributed by atoms with Gasteiger partial charge in [0.15, 0.2) is 11.5 Å². The lowest BCUT2D eigenvalue weighted by Gasteiger charge is -2.18. The maximum absolute atomic E-state index is 5.78. The van der Waals surface area contributed by atoms with Crippen LogP contribution in [0.4, 0.5) is 0 Å². The lowest BCUT2D eigenvalue weighted by molar-refractivity contribution is 0.297. The molecule has 0 saturated carbocycles. The van der Waals surface area contributed by atoms with Crippen molar-refractivity contribution in [2.45, 2.75) is 19.4 Å². The van der Waals surface area contributed by atoms with Crippen molar-refractivity contribution < 1.29 is 9.47 Å². The second-order valence-corrected chi connectivity index (χ2v) is 5.31. The zero-order chi connectivity index (χ0) is 14.8. The van der Waals surface area contributed by atoms with Gasteiger partial charge in [0.05, 0.1) is 30.6 Å². The molecule has 2 heterocycles. The van der Waals surface area contributed by atoms with Gasteiger partial charge < -0.3 is 14.8 Å². The van der Waals surface area contributed by atoms with E-state index in [1.807, 2.05) is 31.8 Å². The van der Waals surface area contributed by atoms with Gasteiger partial charge in [-0.25, -0.2) is 0 Å². The molecule has 0 fully saturated rings. The predicted octanol–water partition coefficient (Wildman–Crippen LogP) is 2.20. The molecule has 5 nitrogen and oxygen atoms in total. The van der Waals surface area contributed by atoms with Crippen molar-refractivity contribution in [2.75, 3.05) is 20.3 Å². The number of hydrogen-bond acceptors (Lipinski definition) is 4. The quantitative estimate of drug-likeness (QED) is 0.940. The number of rotatable bonds is 3. The minimum absolute atomic E-state index is 0.0772. The minimum Gasteiger partial charge on any atom is -0.490 e. The van der Waals surface area contributed by atoms with Crippen LogP contribution >= 0.6 is 0 Å². The van der Waals surface area contributed by atoms with E-state index >= 15 is 0 Å². The Labute approximate surface area is 124 Å². The molecule has 112 valence electrons. The summed E-state index contributed by atoms with van der Waals surface area (Å²) in [6.45, 7) is 3.42. The molecular weight excluding hydrogens is 266 g/mol. The highest BCUT2D eigenvalue weighted by Crippen LogP contribution is 2.34. The summed E-state index contributed by atoms with van der Waals surface area (Å²) in [7, 11) is 3.92. The van der Waals surface area contributed by atoms with E-state index in [1.54, 1.807) is 0 Å². The summed E-state index contributed by atoms with van der Waals surface area (Å²) in [5.41, 5.74) is 3.29. The molecular formula is C16H21N3O2. The average molecular weight is 287 g/mol. The number of aromatic nitrogens is 2. The van der Waals surface area contributed by atoms with E-state index in [0.717, 1.165) is 34.9 Å². The van der Waals surface area contributed by atoms with Gasteiger partial charge in [0.2, 0.25) is 0 Å². The van der Waals surface area contributed by atoms with Crippen molar-refractivity contribution >= 4 is 0 Å². The van der Waals surface area contributed by atoms with Crippen molar-refractivity contribution in [3.8, 4) is 11.5 Å². The van der Waals surface area contributed by atoms with Crippen LogP contribution in [0.3, 0.4) is 0 Å². The first-order chi connectivity index (χ1) is 10.2. The molecule has 3 rings (SSSR count). The number of ether oxygens (including phenoxy) is 2. The van der Waals surface area contributed by atoms with Gasteiger partial charge in [-0.2, -0.15) is 5.10 Å². The van der Waals surface area contributed by atoms with Crippen LogP contribution < -0.4 is 14.8 Å². The summed E-state index contributed by atoms with van der Waals surface area (Å²) >= 11 is 0. The molecule has 1 aliphatic heterocycles. The van der Waals surface area contributed by atoms with Crippen LogP contribution in [0.5, 0.6) is 11.5 Å². The topological polar surface area (TPSA) is 48.3 Å². The molecule has 5 heteroatoms. The largest absolute Gasteiger partial charge is 0.490 e. The number of nitrogens with zero attached hydrogens (tertiary/aromatic N) is 2. The molecule has 2 aromatic rings. The fourth-order valence-electron chi connectivity index (χ4n) is 2.75. The zero-order valence-corrected chi connectivity index (χ0v) is 12.7. The normalized spacial score (nSPS) is 15.6. The van der Waals surface area contributed by atoms with Gasteiger partial charge in [0.1, 0.15) is 0 Å². The van der Waals surface area contributed by atoms with E-state index in [1.165, 1.54) is 0 Å². The Balaban J connectivity index is 1.98. The van der Waals surface area contributed by atoms with Crippen molar-refractivity contribution in [1.82, 2.24) is 15.1 Å². The van der Waals surface area contributed by atoms with Gasteiger partial charge in [-0.3, -0.25) is 4.68 Å². The van der Waals surface area contributed by atoms with Gasteiger partial charge in [-0.1, -0.05) is 6.07 Å². The molecule has 1 aliphatic rings. The number of aryl methyl sites for hydroxylation is 2. The van der Waals surface area contributed by atoms with E-state index in [0.29, 0.717) is 13.2 Å². The highest BCUT2D eigenvalue weighted by Gasteiger charge is 2.19. The van der Waals surface area contributed by atoms with E-state index in [-0.39, 0.29) is 6.04 Å². The molecule has 1 atom stereocenters. The monoisotopic (exact) mass is 287 g/mol. The fourth-order valence-corrected chi connectivity index (χ4v) is 2.75. The third-order valence-electron chi connectivity index (χ3n) is 3.73. The molecule has 0 spiro atoms. The van der Waals surface area contributed by atoms with Gasteiger partial charge >= 0.3 is 0 Å². The van der Waals surface area contributed by atoms with Crippen molar-refractivity contribution in [1.29, 1.82) is 0 Å². The average Bonchev–Trinajstić information content (AvgIpc) is 2.68. The second kappa shape index (κ2) is 5.77. The Morgan fingerprint density at radius 1 is 1.19 bits per heavy atom. The standard InChI is InChI=1S/C16H21N3O2/c1-11-9-13(19(3)18-11)16(17-2)12-5-6-14-15(10-12)21-8-4-7-20-14/h5-6,9-10,16-17H,4,7-8H2,1-3H3. The first-order valence-electron chi connectivity index (χ1n) is 7.26. The zero-order valence-electron chi connectivity index (χ0n) is 12.7. The summed E-state index contributed by atoms with van der Waals surface area (Å²) < 4.78 is 13.4. The van der Waals surface area contributed by atoms with E-state index in [4.69, 9.17) is 9.47 Å². The summed E-state index contributed by atoms with van der Waals surface area (Å²) in [6.07, 6.45) is 0.917. The number of hydrogen-bond donors (Lipinski definition) is 1. The summed E-state index contributed by atoms with van der Waals surface area (Å²) in [5, 5.41) is 7.78. The summed E-state index contributed by atoms with van der Waals surface area (Å²) in [5.74, 6) is 1.65. The van der Waals surface area contributed by atoms with E-state index in [9.17, 15) is 0 Å². The van der Waals surface area contributed by atoms with Crippen LogP contribution in [-0.2, 0) is 7.05 Å². The van der Waals surface area contributed by atoms with Crippen LogP contribution in [0.15, 0.2) is 24.3 Å². The lowest BCUT2D eigenvalue weighted by Crippen LogP contribution is -2.20. The molecule has 0 amide bonds. The summed E-state index contributed by atoms with van der Waals surface area (Å²) in [4.78, 5) is 0. The maximum Gasteiger partial charge on any atom is 0.161 e. The Hall–Kier alpha value is -2.01. The molecule has 0 bridgehead atoms. The van der Waals surface area contributed by atoms with Crippen molar-refractivity contribution in [2.24, 2.45) is 7.05 Å². The molecule has 1 N–H and O–H groups in total. The van der Waals surface area contributed by atoms with Crippen LogP contribution in [0.1, 0.15) is 29.4 Å².